The first kappa shape index (κ1) is 17.2. The minimum absolute atomic E-state index is 0.135. The van der Waals surface area contributed by atoms with E-state index in [4.69, 9.17) is 0 Å². The van der Waals surface area contributed by atoms with Gasteiger partial charge >= 0.3 is 18.2 Å². The van der Waals surface area contributed by atoms with Crippen LogP contribution in [-0.4, -0.2) is 29.3 Å². The number of aromatic nitrogens is 2. The van der Waals surface area contributed by atoms with Crippen molar-refractivity contribution in [3.8, 4) is 11.4 Å². The smallest absolute Gasteiger partial charge is 0.452 e. The standard InChI is InChI=1S/C12H8F4N4O4/c1-23-11(22)19-18-9(21)6-3-2-5(4-7(6)13)8-17-10(24-20-8)12(14,15)16/h2-4H,1H3,(H,18,21)(H,19,22). The topological polar surface area (TPSA) is 106 Å². The highest BCUT2D eigenvalue weighted by atomic mass is 19.4. The fourth-order valence-electron chi connectivity index (χ4n) is 1.52. The zero-order chi connectivity index (χ0) is 17.9. The Morgan fingerprint density at radius 3 is 2.50 bits per heavy atom. The first-order chi connectivity index (χ1) is 11.2. The summed E-state index contributed by atoms with van der Waals surface area (Å²) in [6, 6.07) is 2.84. The number of nitrogens with zero attached hydrogens (tertiary/aromatic N) is 2. The van der Waals surface area contributed by atoms with Crippen molar-refractivity contribution in [1.29, 1.82) is 0 Å². The van der Waals surface area contributed by atoms with Crippen molar-refractivity contribution in [3.05, 3.63) is 35.5 Å². The lowest BCUT2D eigenvalue weighted by atomic mass is 10.1. The molecule has 0 saturated heterocycles. The van der Waals surface area contributed by atoms with Crippen LogP contribution in [-0.2, 0) is 10.9 Å². The van der Waals surface area contributed by atoms with Crippen LogP contribution in [0, 0.1) is 5.82 Å². The minimum atomic E-state index is -4.83. The number of hydrogen-bond donors (Lipinski definition) is 2. The van der Waals surface area contributed by atoms with Gasteiger partial charge < -0.3 is 9.26 Å². The number of hydrogen-bond acceptors (Lipinski definition) is 6. The molecule has 0 spiro atoms. The Labute approximate surface area is 130 Å². The molecule has 0 bridgehead atoms. The quantitative estimate of drug-likeness (QED) is 0.634. The predicted molar refractivity (Wildman–Crippen MR) is 67.7 cm³/mol. The maximum absolute atomic E-state index is 13.9. The molecular weight excluding hydrogens is 340 g/mol. The molecule has 2 rings (SSSR count). The molecule has 0 aliphatic heterocycles. The van der Waals surface area contributed by atoms with Crippen LogP contribution in [0.3, 0.4) is 0 Å². The van der Waals surface area contributed by atoms with Crippen molar-refractivity contribution < 1.29 is 36.4 Å². The van der Waals surface area contributed by atoms with Crippen molar-refractivity contribution in [1.82, 2.24) is 21.0 Å². The van der Waals surface area contributed by atoms with Crippen molar-refractivity contribution >= 4 is 12.0 Å². The number of ether oxygens (including phenoxy) is 1. The van der Waals surface area contributed by atoms with Gasteiger partial charge in [-0.2, -0.15) is 18.2 Å². The zero-order valence-electron chi connectivity index (χ0n) is 11.8. The molecule has 24 heavy (non-hydrogen) atoms. The van der Waals surface area contributed by atoms with E-state index in [9.17, 15) is 27.2 Å². The molecule has 0 saturated carbocycles. The Kier molecular flexibility index (Phi) is 4.66. The number of rotatable bonds is 2. The highest BCUT2D eigenvalue weighted by molar-refractivity contribution is 5.95. The fraction of sp³-hybridized carbons (Fsp3) is 0.167. The molecule has 8 nitrogen and oxygen atoms in total. The molecular formula is C12H8F4N4O4. The fourth-order valence-corrected chi connectivity index (χ4v) is 1.52. The number of methoxy groups -OCH3 is 1. The summed E-state index contributed by atoms with van der Waals surface area (Å²) >= 11 is 0. The van der Waals surface area contributed by atoms with Gasteiger partial charge in [0.15, 0.2) is 0 Å². The third-order valence-electron chi connectivity index (χ3n) is 2.60. The average molecular weight is 348 g/mol. The molecule has 2 N–H and O–H groups in total. The van der Waals surface area contributed by atoms with Gasteiger partial charge in [0.25, 0.3) is 5.91 Å². The molecule has 0 aliphatic rings. The van der Waals surface area contributed by atoms with E-state index in [-0.39, 0.29) is 5.56 Å². The molecule has 2 amide bonds. The van der Waals surface area contributed by atoms with Gasteiger partial charge in [0, 0.05) is 5.56 Å². The molecule has 1 aromatic carbocycles. The van der Waals surface area contributed by atoms with Gasteiger partial charge in [-0.05, 0) is 12.1 Å². The van der Waals surface area contributed by atoms with E-state index in [2.05, 4.69) is 19.4 Å². The number of benzene rings is 1. The average Bonchev–Trinajstić information content (AvgIpc) is 3.02. The highest BCUT2D eigenvalue weighted by Gasteiger charge is 2.38. The lowest BCUT2D eigenvalue weighted by Crippen LogP contribution is -2.41. The van der Waals surface area contributed by atoms with E-state index in [1.54, 1.807) is 0 Å². The molecule has 12 heteroatoms. The molecule has 1 heterocycles. The predicted octanol–water partition coefficient (Wildman–Crippen LogP) is 1.90. The van der Waals surface area contributed by atoms with E-state index in [0.717, 1.165) is 25.3 Å². The number of alkyl halides is 3. The molecule has 0 unspecified atom stereocenters. The Bertz CT molecular complexity index is 775. The lowest BCUT2D eigenvalue weighted by molar-refractivity contribution is -0.159. The summed E-state index contributed by atoms with van der Waals surface area (Å²) in [5, 5.41) is 3.09. The van der Waals surface area contributed by atoms with Crippen LogP contribution in [0.1, 0.15) is 16.2 Å². The van der Waals surface area contributed by atoms with Crippen LogP contribution in [0.2, 0.25) is 0 Å². The summed E-state index contributed by atoms with van der Waals surface area (Å²) in [4.78, 5) is 25.5. The molecule has 0 aliphatic carbocycles. The number of amides is 2. The Morgan fingerprint density at radius 2 is 1.96 bits per heavy atom. The van der Waals surface area contributed by atoms with E-state index < -0.39 is 41.3 Å². The second-order valence-corrected chi connectivity index (χ2v) is 4.19. The number of halogens is 4. The number of hydrazine groups is 1. The van der Waals surface area contributed by atoms with Gasteiger partial charge in [0.05, 0.1) is 12.7 Å². The summed E-state index contributed by atoms with van der Waals surface area (Å²) < 4.78 is 59.3. The van der Waals surface area contributed by atoms with Crippen molar-refractivity contribution in [2.45, 2.75) is 6.18 Å². The van der Waals surface area contributed by atoms with Crippen LogP contribution in [0.4, 0.5) is 22.4 Å². The largest absolute Gasteiger partial charge is 0.471 e. The van der Waals surface area contributed by atoms with Gasteiger partial charge in [0.1, 0.15) is 5.82 Å². The zero-order valence-corrected chi connectivity index (χ0v) is 11.8. The minimum Gasteiger partial charge on any atom is -0.452 e. The number of carbonyl (C=O) groups is 2. The third-order valence-corrected chi connectivity index (χ3v) is 2.60. The molecule has 0 fully saturated rings. The first-order valence-corrected chi connectivity index (χ1v) is 6.07. The highest BCUT2D eigenvalue weighted by Crippen LogP contribution is 2.29. The van der Waals surface area contributed by atoms with Gasteiger partial charge in [-0.25, -0.2) is 14.6 Å². The summed E-state index contributed by atoms with van der Waals surface area (Å²) in [5.74, 6) is -4.16. The number of nitrogens with one attached hydrogen (secondary N) is 2. The third kappa shape index (κ3) is 3.77. The molecule has 0 atom stereocenters. The van der Waals surface area contributed by atoms with E-state index in [0.29, 0.717) is 0 Å². The van der Waals surface area contributed by atoms with Crippen molar-refractivity contribution in [2.24, 2.45) is 0 Å². The van der Waals surface area contributed by atoms with Crippen molar-refractivity contribution in [2.75, 3.05) is 7.11 Å². The second kappa shape index (κ2) is 6.52. The monoisotopic (exact) mass is 348 g/mol. The molecule has 128 valence electrons. The van der Waals surface area contributed by atoms with Gasteiger partial charge in [0.2, 0.25) is 5.82 Å². The normalized spacial score (nSPS) is 11.0. The van der Waals surface area contributed by atoms with Crippen LogP contribution >= 0.6 is 0 Å². The molecule has 0 radical (unpaired) electrons. The first-order valence-electron chi connectivity index (χ1n) is 6.07. The van der Waals surface area contributed by atoms with Gasteiger partial charge in [-0.1, -0.05) is 11.2 Å². The van der Waals surface area contributed by atoms with Crippen molar-refractivity contribution in [3.63, 3.8) is 0 Å². The van der Waals surface area contributed by atoms with Crippen LogP contribution in [0.25, 0.3) is 11.4 Å². The van der Waals surface area contributed by atoms with Gasteiger partial charge in [-0.15, -0.1) is 0 Å². The SMILES string of the molecule is COC(=O)NNC(=O)c1ccc(-c2noc(C(F)(F)F)n2)cc1F. The van der Waals surface area contributed by atoms with E-state index in [1.165, 1.54) is 0 Å². The maximum atomic E-state index is 13.9. The van der Waals surface area contributed by atoms with Crippen LogP contribution in [0.15, 0.2) is 22.7 Å². The summed E-state index contributed by atoms with van der Waals surface area (Å²) in [7, 11) is 1.05. The summed E-state index contributed by atoms with van der Waals surface area (Å²) in [5.41, 5.74) is 3.09. The Hall–Kier alpha value is -3.18. The Morgan fingerprint density at radius 1 is 1.25 bits per heavy atom. The maximum Gasteiger partial charge on any atom is 0.471 e. The van der Waals surface area contributed by atoms with Crippen LogP contribution in [0.5, 0.6) is 0 Å². The summed E-state index contributed by atoms with van der Waals surface area (Å²) in [6.07, 6.45) is -5.81. The van der Waals surface area contributed by atoms with Crippen LogP contribution < -0.4 is 10.9 Å². The van der Waals surface area contributed by atoms with E-state index >= 15 is 0 Å². The summed E-state index contributed by atoms with van der Waals surface area (Å²) in [6.45, 7) is 0. The lowest BCUT2D eigenvalue weighted by Gasteiger charge is -2.07. The number of carbonyl (C=O) groups excluding carboxylic acids is 2. The Balaban J connectivity index is 2.19. The van der Waals surface area contributed by atoms with E-state index in [1.807, 2.05) is 10.9 Å². The molecule has 1 aromatic heterocycles. The molecule has 2 aromatic rings. The van der Waals surface area contributed by atoms with Gasteiger partial charge in [-0.3, -0.25) is 10.2 Å². The second-order valence-electron chi connectivity index (χ2n) is 4.19.